The topological polar surface area (TPSA) is 56.2 Å². The number of hydrogen-bond donors (Lipinski definition) is 1. The van der Waals surface area contributed by atoms with Crippen LogP contribution in [-0.4, -0.2) is 5.91 Å². The normalized spacial score (nSPS) is 12.5. The lowest BCUT2D eigenvalue weighted by molar-refractivity contribution is -0.143. The average Bonchev–Trinajstić information content (AvgIpc) is 2.85. The van der Waals surface area contributed by atoms with Crippen LogP contribution in [-0.2, 0) is 12.4 Å². The van der Waals surface area contributed by atoms with Gasteiger partial charge in [0.2, 0.25) is 0 Å². The van der Waals surface area contributed by atoms with E-state index in [1.807, 2.05) is 0 Å². The van der Waals surface area contributed by atoms with Crippen LogP contribution in [0.4, 0.5) is 26.3 Å². The summed E-state index contributed by atoms with van der Waals surface area (Å²) in [5.41, 5.74) is 1.49. The maximum atomic E-state index is 12.7. The van der Waals surface area contributed by atoms with E-state index in [-0.39, 0.29) is 17.6 Å². The number of hydrogen-bond acceptors (Lipinski definition) is 2. The van der Waals surface area contributed by atoms with Crippen molar-refractivity contribution in [1.29, 1.82) is 0 Å². The zero-order chi connectivity index (χ0) is 16.7. The standard InChI is InChI=1S/C13H7F6NO2/c14-12(15,16)7-3-6(4-8(5-7)13(17,18)19)9-1-2-10(22-9)11(20)21/h1-5H,(H2,20,21). The Morgan fingerprint density at radius 2 is 1.41 bits per heavy atom. The molecule has 3 nitrogen and oxygen atoms in total. The molecule has 0 aliphatic rings. The molecule has 0 aliphatic heterocycles. The average molecular weight is 323 g/mol. The fourth-order valence-electron chi connectivity index (χ4n) is 1.72. The number of alkyl halides is 6. The van der Waals surface area contributed by atoms with Gasteiger partial charge in [-0.25, -0.2) is 0 Å². The molecule has 1 amide bonds. The van der Waals surface area contributed by atoms with E-state index in [1.165, 1.54) is 0 Å². The van der Waals surface area contributed by atoms with Gasteiger partial charge in [0.25, 0.3) is 5.91 Å². The third-order valence-electron chi connectivity index (χ3n) is 2.72. The van der Waals surface area contributed by atoms with E-state index in [9.17, 15) is 31.1 Å². The minimum absolute atomic E-state index is 0.00142. The number of primary amides is 1. The first kappa shape index (κ1) is 15.9. The lowest BCUT2D eigenvalue weighted by Gasteiger charge is -2.13. The summed E-state index contributed by atoms with van der Waals surface area (Å²) in [4.78, 5) is 10.9. The van der Waals surface area contributed by atoms with E-state index in [0.29, 0.717) is 12.1 Å². The molecule has 0 atom stereocenters. The van der Waals surface area contributed by atoms with Crippen LogP contribution < -0.4 is 5.73 Å². The zero-order valence-corrected chi connectivity index (χ0v) is 10.5. The molecule has 2 N–H and O–H groups in total. The highest BCUT2D eigenvalue weighted by atomic mass is 19.4. The van der Waals surface area contributed by atoms with Crippen molar-refractivity contribution in [3.8, 4) is 11.3 Å². The summed E-state index contributed by atoms with van der Waals surface area (Å²) in [6.07, 6.45) is -9.93. The fraction of sp³-hybridized carbons (Fsp3) is 0.154. The van der Waals surface area contributed by atoms with Crippen LogP contribution in [0, 0.1) is 0 Å². The number of benzene rings is 1. The quantitative estimate of drug-likeness (QED) is 0.847. The van der Waals surface area contributed by atoms with Gasteiger partial charge in [-0.3, -0.25) is 4.79 Å². The molecule has 0 fully saturated rings. The van der Waals surface area contributed by atoms with E-state index >= 15 is 0 Å². The number of nitrogens with two attached hydrogens (primary N) is 1. The molecule has 0 saturated heterocycles. The molecule has 9 heteroatoms. The molecule has 0 bridgehead atoms. The molecule has 0 saturated carbocycles. The summed E-state index contributed by atoms with van der Waals surface area (Å²) in [6, 6.07) is 3.13. The third kappa shape index (κ3) is 3.23. The summed E-state index contributed by atoms with van der Waals surface area (Å²) in [6.45, 7) is 0. The second-order valence-electron chi connectivity index (χ2n) is 4.32. The second kappa shape index (κ2) is 5.08. The van der Waals surface area contributed by atoms with Crippen molar-refractivity contribution in [1.82, 2.24) is 0 Å². The fourth-order valence-corrected chi connectivity index (χ4v) is 1.72. The predicted octanol–water partition coefficient (Wildman–Crippen LogP) is 4.08. The Labute approximate surface area is 119 Å². The van der Waals surface area contributed by atoms with Crippen molar-refractivity contribution in [2.45, 2.75) is 12.4 Å². The minimum atomic E-state index is -4.96. The molecule has 0 aliphatic carbocycles. The van der Waals surface area contributed by atoms with Crippen molar-refractivity contribution >= 4 is 5.91 Å². The number of halogens is 6. The van der Waals surface area contributed by atoms with Crippen molar-refractivity contribution in [3.05, 3.63) is 47.2 Å². The molecule has 0 radical (unpaired) electrons. The summed E-state index contributed by atoms with van der Waals surface area (Å²) >= 11 is 0. The van der Waals surface area contributed by atoms with Crippen molar-refractivity contribution < 1.29 is 35.6 Å². The summed E-state index contributed by atoms with van der Waals surface area (Å²) in [5.74, 6) is -1.69. The summed E-state index contributed by atoms with van der Waals surface area (Å²) in [5, 5.41) is 0. The van der Waals surface area contributed by atoms with Crippen molar-refractivity contribution in [3.63, 3.8) is 0 Å². The third-order valence-corrected chi connectivity index (χ3v) is 2.72. The highest BCUT2D eigenvalue weighted by molar-refractivity contribution is 5.90. The maximum absolute atomic E-state index is 12.7. The lowest BCUT2D eigenvalue weighted by Crippen LogP contribution is -2.11. The van der Waals surface area contributed by atoms with E-state index < -0.39 is 35.0 Å². The van der Waals surface area contributed by atoms with Gasteiger partial charge >= 0.3 is 12.4 Å². The van der Waals surface area contributed by atoms with Crippen LogP contribution in [0.3, 0.4) is 0 Å². The molecule has 22 heavy (non-hydrogen) atoms. The highest BCUT2D eigenvalue weighted by Crippen LogP contribution is 2.38. The molecule has 2 rings (SSSR count). The molecule has 2 aromatic rings. The maximum Gasteiger partial charge on any atom is 0.416 e. The van der Waals surface area contributed by atoms with Gasteiger partial charge in [-0.05, 0) is 30.3 Å². The first-order valence-corrected chi connectivity index (χ1v) is 5.68. The van der Waals surface area contributed by atoms with Crippen LogP contribution in [0.2, 0.25) is 0 Å². The molecule has 118 valence electrons. The summed E-state index contributed by atoms with van der Waals surface area (Å²) < 4.78 is 81.1. The Morgan fingerprint density at radius 1 is 0.909 bits per heavy atom. The number of amides is 1. The number of carbonyl (C=O) groups excluding carboxylic acids is 1. The van der Waals surface area contributed by atoms with Crippen molar-refractivity contribution in [2.75, 3.05) is 0 Å². The summed E-state index contributed by atoms with van der Waals surface area (Å²) in [7, 11) is 0. The van der Waals surface area contributed by atoms with Crippen LogP contribution in [0.1, 0.15) is 21.7 Å². The second-order valence-corrected chi connectivity index (χ2v) is 4.32. The van der Waals surface area contributed by atoms with Gasteiger partial charge < -0.3 is 10.2 Å². The van der Waals surface area contributed by atoms with Crippen LogP contribution in [0.5, 0.6) is 0 Å². The number of rotatable bonds is 2. The molecular weight excluding hydrogens is 316 g/mol. The van der Waals surface area contributed by atoms with Gasteiger partial charge in [-0.1, -0.05) is 0 Å². The first-order chi connectivity index (χ1) is 9.98. The Balaban J connectivity index is 2.61. The smallest absolute Gasteiger partial charge is 0.416 e. The number of furan rings is 1. The molecule has 1 heterocycles. The van der Waals surface area contributed by atoms with Crippen LogP contribution >= 0.6 is 0 Å². The Kier molecular flexibility index (Phi) is 3.68. The van der Waals surface area contributed by atoms with E-state index in [2.05, 4.69) is 0 Å². The van der Waals surface area contributed by atoms with Gasteiger partial charge in [0, 0.05) is 5.56 Å². The van der Waals surface area contributed by atoms with E-state index in [1.54, 1.807) is 0 Å². The SMILES string of the molecule is NC(=O)c1ccc(-c2cc(C(F)(F)F)cc(C(F)(F)F)c2)o1. The van der Waals surface area contributed by atoms with Gasteiger partial charge in [-0.2, -0.15) is 26.3 Å². The lowest BCUT2D eigenvalue weighted by atomic mass is 10.0. The van der Waals surface area contributed by atoms with E-state index in [0.717, 1.165) is 12.1 Å². The van der Waals surface area contributed by atoms with Crippen LogP contribution in [0.15, 0.2) is 34.7 Å². The molecule has 0 unspecified atom stereocenters. The molecular formula is C13H7F6NO2. The largest absolute Gasteiger partial charge is 0.451 e. The highest BCUT2D eigenvalue weighted by Gasteiger charge is 2.37. The Morgan fingerprint density at radius 3 is 1.77 bits per heavy atom. The van der Waals surface area contributed by atoms with Gasteiger partial charge in [-0.15, -0.1) is 0 Å². The number of carbonyl (C=O) groups is 1. The molecule has 1 aromatic heterocycles. The van der Waals surface area contributed by atoms with Crippen LogP contribution in [0.25, 0.3) is 11.3 Å². The first-order valence-electron chi connectivity index (χ1n) is 5.68. The zero-order valence-electron chi connectivity index (χ0n) is 10.5. The van der Waals surface area contributed by atoms with Crippen molar-refractivity contribution in [2.24, 2.45) is 5.73 Å². The molecule has 1 aromatic carbocycles. The molecule has 0 spiro atoms. The Hall–Kier alpha value is -2.45. The van der Waals surface area contributed by atoms with Gasteiger partial charge in [0.1, 0.15) is 5.76 Å². The van der Waals surface area contributed by atoms with Gasteiger partial charge in [0.05, 0.1) is 11.1 Å². The Bertz CT molecular complexity index is 682. The van der Waals surface area contributed by atoms with Gasteiger partial charge in [0.15, 0.2) is 5.76 Å². The monoisotopic (exact) mass is 323 g/mol. The predicted molar refractivity (Wildman–Crippen MR) is 62.7 cm³/mol. The minimum Gasteiger partial charge on any atom is -0.451 e. The van der Waals surface area contributed by atoms with E-state index in [4.69, 9.17) is 10.2 Å².